The third-order valence-corrected chi connectivity index (χ3v) is 5.09. The first-order chi connectivity index (χ1) is 10.2. The summed E-state index contributed by atoms with van der Waals surface area (Å²) in [4.78, 5) is 5.78. The summed E-state index contributed by atoms with van der Waals surface area (Å²) in [5.41, 5.74) is 1.02. The van der Waals surface area contributed by atoms with Gasteiger partial charge in [0.25, 0.3) is 0 Å². The summed E-state index contributed by atoms with van der Waals surface area (Å²) in [7, 11) is 3.28. The molecule has 2 aromatic rings. The number of nitrogens with zero attached hydrogens (tertiary/aromatic N) is 1. The first kappa shape index (κ1) is 14.8. The molecule has 1 aliphatic carbocycles. The van der Waals surface area contributed by atoms with Gasteiger partial charge in [-0.2, -0.15) is 0 Å². The Bertz CT molecular complexity index is 641. The molecule has 1 aromatic heterocycles. The van der Waals surface area contributed by atoms with Crippen molar-refractivity contribution in [1.82, 2.24) is 10.3 Å². The van der Waals surface area contributed by atoms with Crippen molar-refractivity contribution in [3.05, 3.63) is 27.7 Å². The van der Waals surface area contributed by atoms with E-state index in [1.165, 1.54) is 17.7 Å². The second-order valence-electron chi connectivity index (χ2n) is 4.97. The lowest BCUT2D eigenvalue weighted by Crippen LogP contribution is -2.14. The molecular weight excluding hydrogens is 352 g/mol. The fraction of sp³-hybridized carbons (Fsp3) is 0.400. The molecule has 1 aromatic carbocycles. The van der Waals surface area contributed by atoms with Crippen LogP contribution in [0.3, 0.4) is 0 Å². The minimum Gasteiger partial charge on any atom is -0.493 e. The molecule has 0 atom stereocenters. The molecule has 0 bridgehead atoms. The Labute approximate surface area is 136 Å². The number of halogens is 1. The Morgan fingerprint density at radius 3 is 2.67 bits per heavy atom. The lowest BCUT2D eigenvalue weighted by molar-refractivity contribution is 0.355. The van der Waals surface area contributed by atoms with Gasteiger partial charge in [0, 0.05) is 33.7 Å². The van der Waals surface area contributed by atoms with E-state index in [2.05, 4.69) is 26.2 Å². The summed E-state index contributed by atoms with van der Waals surface area (Å²) in [6.45, 7) is 0.896. The molecule has 0 saturated heterocycles. The number of hydrogen-bond donors (Lipinski definition) is 1. The summed E-state index contributed by atoms with van der Waals surface area (Å²) in [5.74, 6) is 1.42. The minimum absolute atomic E-state index is 0.709. The van der Waals surface area contributed by atoms with Crippen LogP contribution in [0.15, 0.2) is 22.8 Å². The van der Waals surface area contributed by atoms with Crippen LogP contribution in [0.25, 0.3) is 10.6 Å². The molecule has 0 amide bonds. The molecule has 1 saturated carbocycles. The van der Waals surface area contributed by atoms with Gasteiger partial charge >= 0.3 is 0 Å². The van der Waals surface area contributed by atoms with Gasteiger partial charge in [0.2, 0.25) is 0 Å². The van der Waals surface area contributed by atoms with E-state index in [1.807, 2.05) is 18.3 Å². The average Bonchev–Trinajstić information content (AvgIpc) is 3.22. The molecule has 0 unspecified atom stereocenters. The Morgan fingerprint density at radius 1 is 1.29 bits per heavy atom. The topological polar surface area (TPSA) is 43.4 Å². The zero-order chi connectivity index (χ0) is 14.8. The van der Waals surface area contributed by atoms with Crippen molar-refractivity contribution in [3.63, 3.8) is 0 Å². The molecule has 1 aliphatic rings. The molecule has 3 rings (SSSR count). The molecule has 0 aliphatic heterocycles. The molecule has 1 fully saturated rings. The summed E-state index contributed by atoms with van der Waals surface area (Å²) in [6.07, 6.45) is 4.54. The highest BCUT2D eigenvalue weighted by molar-refractivity contribution is 9.10. The van der Waals surface area contributed by atoms with Crippen LogP contribution in [0.4, 0.5) is 0 Å². The largest absolute Gasteiger partial charge is 0.493 e. The van der Waals surface area contributed by atoms with Crippen LogP contribution in [0.1, 0.15) is 17.7 Å². The van der Waals surface area contributed by atoms with Gasteiger partial charge < -0.3 is 14.8 Å². The molecule has 1 N–H and O–H groups in total. The van der Waals surface area contributed by atoms with Gasteiger partial charge in [0.05, 0.1) is 14.2 Å². The standard InChI is InChI=1S/C15H17BrN2O2S/c1-19-13-5-11(12(16)6-14(13)20-2)15-18-8-10(21-15)7-17-9-3-4-9/h5-6,8-9,17H,3-4,7H2,1-2H3. The lowest BCUT2D eigenvalue weighted by Gasteiger charge is -2.10. The molecule has 4 nitrogen and oxygen atoms in total. The highest BCUT2D eigenvalue weighted by Crippen LogP contribution is 2.39. The normalized spacial score (nSPS) is 14.2. The van der Waals surface area contributed by atoms with E-state index in [1.54, 1.807) is 25.6 Å². The zero-order valence-electron chi connectivity index (χ0n) is 12.0. The summed E-state index contributed by atoms with van der Waals surface area (Å²) < 4.78 is 11.6. The highest BCUT2D eigenvalue weighted by Gasteiger charge is 2.20. The van der Waals surface area contributed by atoms with Crippen molar-refractivity contribution in [2.45, 2.75) is 25.4 Å². The maximum absolute atomic E-state index is 5.37. The van der Waals surface area contributed by atoms with Crippen molar-refractivity contribution in [2.75, 3.05) is 14.2 Å². The fourth-order valence-electron chi connectivity index (χ4n) is 2.06. The zero-order valence-corrected chi connectivity index (χ0v) is 14.4. The molecule has 112 valence electrons. The Balaban J connectivity index is 1.84. The van der Waals surface area contributed by atoms with Crippen molar-refractivity contribution in [1.29, 1.82) is 0 Å². The number of rotatable bonds is 6. The number of methoxy groups -OCH3 is 2. The van der Waals surface area contributed by atoms with Gasteiger partial charge in [0.15, 0.2) is 11.5 Å². The van der Waals surface area contributed by atoms with Crippen LogP contribution in [0, 0.1) is 0 Å². The van der Waals surface area contributed by atoms with Crippen molar-refractivity contribution in [3.8, 4) is 22.1 Å². The van der Waals surface area contributed by atoms with Crippen LogP contribution in [0.2, 0.25) is 0 Å². The van der Waals surface area contributed by atoms with Gasteiger partial charge in [-0.25, -0.2) is 4.98 Å². The van der Waals surface area contributed by atoms with E-state index >= 15 is 0 Å². The van der Waals surface area contributed by atoms with Crippen molar-refractivity contribution >= 4 is 27.3 Å². The fourth-order valence-corrected chi connectivity index (χ4v) is 3.60. The van der Waals surface area contributed by atoms with E-state index in [-0.39, 0.29) is 0 Å². The van der Waals surface area contributed by atoms with Gasteiger partial charge in [-0.1, -0.05) is 0 Å². The third kappa shape index (κ3) is 3.39. The van der Waals surface area contributed by atoms with Crippen LogP contribution >= 0.6 is 27.3 Å². The second kappa shape index (κ2) is 6.34. The Hall–Kier alpha value is -1.11. The first-order valence-electron chi connectivity index (χ1n) is 6.81. The molecule has 21 heavy (non-hydrogen) atoms. The summed E-state index contributed by atoms with van der Waals surface area (Å²) in [5, 5.41) is 4.49. The molecule has 0 spiro atoms. The van der Waals surface area contributed by atoms with Gasteiger partial charge in [0.1, 0.15) is 5.01 Å². The molecule has 6 heteroatoms. The van der Waals surface area contributed by atoms with E-state index in [9.17, 15) is 0 Å². The van der Waals surface area contributed by atoms with Crippen molar-refractivity contribution < 1.29 is 9.47 Å². The van der Waals surface area contributed by atoms with Gasteiger partial charge in [-0.15, -0.1) is 11.3 Å². The van der Waals surface area contributed by atoms with E-state index < -0.39 is 0 Å². The molecular formula is C15H17BrN2O2S. The van der Waals surface area contributed by atoms with E-state index in [0.29, 0.717) is 17.5 Å². The second-order valence-corrected chi connectivity index (χ2v) is 6.94. The number of hydrogen-bond acceptors (Lipinski definition) is 5. The average molecular weight is 369 g/mol. The maximum Gasteiger partial charge on any atom is 0.161 e. The smallest absolute Gasteiger partial charge is 0.161 e. The van der Waals surface area contributed by atoms with Crippen molar-refractivity contribution in [2.24, 2.45) is 0 Å². The summed E-state index contributed by atoms with van der Waals surface area (Å²) in [6, 6.07) is 4.58. The lowest BCUT2D eigenvalue weighted by atomic mass is 10.2. The van der Waals surface area contributed by atoms with Crippen LogP contribution in [0.5, 0.6) is 11.5 Å². The highest BCUT2D eigenvalue weighted by atomic mass is 79.9. The van der Waals surface area contributed by atoms with Gasteiger partial charge in [-0.3, -0.25) is 0 Å². The molecule has 1 heterocycles. The first-order valence-corrected chi connectivity index (χ1v) is 8.42. The van der Waals surface area contributed by atoms with Gasteiger partial charge in [-0.05, 0) is 40.9 Å². The predicted molar refractivity (Wildman–Crippen MR) is 88.2 cm³/mol. The minimum atomic E-state index is 0.709. The summed E-state index contributed by atoms with van der Waals surface area (Å²) >= 11 is 5.29. The van der Waals surface area contributed by atoms with E-state index in [0.717, 1.165) is 21.6 Å². The molecule has 0 radical (unpaired) electrons. The number of nitrogens with one attached hydrogen (secondary N) is 1. The Kier molecular flexibility index (Phi) is 4.47. The SMILES string of the molecule is COc1cc(Br)c(-c2ncc(CNC3CC3)s2)cc1OC. The number of ether oxygens (including phenoxy) is 2. The number of thiazole rings is 1. The number of aromatic nitrogens is 1. The monoisotopic (exact) mass is 368 g/mol. The number of benzene rings is 1. The quantitative estimate of drug-likeness (QED) is 0.840. The van der Waals surface area contributed by atoms with Crippen LogP contribution in [-0.4, -0.2) is 25.2 Å². The predicted octanol–water partition coefficient (Wildman–Crippen LogP) is 3.84. The van der Waals surface area contributed by atoms with Crippen LogP contribution < -0.4 is 14.8 Å². The van der Waals surface area contributed by atoms with Crippen LogP contribution in [-0.2, 0) is 6.54 Å². The Morgan fingerprint density at radius 2 is 2.00 bits per heavy atom. The van der Waals surface area contributed by atoms with E-state index in [4.69, 9.17) is 9.47 Å². The maximum atomic E-state index is 5.37. The third-order valence-electron chi connectivity index (χ3n) is 3.40.